The van der Waals surface area contributed by atoms with Gasteiger partial charge >= 0.3 is 0 Å². The molecule has 0 bridgehead atoms. The zero-order chi connectivity index (χ0) is 21.3. The molecule has 156 valence electrons. The van der Waals surface area contributed by atoms with Gasteiger partial charge in [-0.3, -0.25) is 0 Å². The Morgan fingerprint density at radius 2 is 1.77 bits per heavy atom. The van der Waals surface area contributed by atoms with Crippen LogP contribution in [0, 0.1) is 0 Å². The van der Waals surface area contributed by atoms with Gasteiger partial charge in [0.25, 0.3) is 0 Å². The average molecular weight is 406 g/mol. The van der Waals surface area contributed by atoms with Crippen molar-refractivity contribution >= 4 is 10.9 Å². The fourth-order valence-electron chi connectivity index (χ4n) is 3.76. The van der Waals surface area contributed by atoms with Crippen molar-refractivity contribution < 1.29 is 13.9 Å². The van der Waals surface area contributed by atoms with Crippen LogP contribution in [0.25, 0.3) is 33.6 Å². The van der Waals surface area contributed by atoms with Crippen molar-refractivity contribution in [1.82, 2.24) is 20.5 Å². The molecule has 0 atom stereocenters. The fraction of sp³-hybridized carbons (Fsp3) is 0.304. The number of H-pyrrole nitrogens is 1. The molecule has 0 saturated carbocycles. The Balaban J connectivity index is 1.84. The molecule has 2 N–H and O–H groups in total. The number of benzene rings is 2. The van der Waals surface area contributed by atoms with Gasteiger partial charge in [-0.05, 0) is 54.9 Å². The highest BCUT2D eigenvalue weighted by atomic mass is 16.5. The van der Waals surface area contributed by atoms with E-state index in [1.54, 1.807) is 14.2 Å². The summed E-state index contributed by atoms with van der Waals surface area (Å²) in [6.07, 6.45) is 0. The number of fused-ring (bicyclic) bond motifs is 1. The van der Waals surface area contributed by atoms with Crippen LogP contribution >= 0.6 is 0 Å². The number of aromatic nitrogens is 3. The van der Waals surface area contributed by atoms with Crippen molar-refractivity contribution in [1.29, 1.82) is 0 Å². The van der Waals surface area contributed by atoms with Gasteiger partial charge in [-0.25, -0.2) is 0 Å². The van der Waals surface area contributed by atoms with Gasteiger partial charge in [0.1, 0.15) is 0 Å². The first-order valence-electron chi connectivity index (χ1n) is 9.91. The predicted octanol–water partition coefficient (Wildman–Crippen LogP) is 4.74. The first-order chi connectivity index (χ1) is 14.5. The molecule has 0 aliphatic carbocycles. The zero-order valence-electron chi connectivity index (χ0n) is 17.9. The lowest BCUT2D eigenvalue weighted by Gasteiger charge is -2.12. The van der Waals surface area contributed by atoms with Crippen LogP contribution in [0.4, 0.5) is 0 Å². The van der Waals surface area contributed by atoms with Crippen LogP contribution in [-0.2, 0) is 6.54 Å². The average Bonchev–Trinajstić information content (AvgIpc) is 3.37. The molecule has 0 amide bonds. The van der Waals surface area contributed by atoms with Crippen LogP contribution in [0.1, 0.15) is 31.2 Å². The minimum Gasteiger partial charge on any atom is -0.493 e. The molecule has 7 nitrogen and oxygen atoms in total. The van der Waals surface area contributed by atoms with Crippen LogP contribution in [-0.4, -0.2) is 36.4 Å². The molecule has 0 radical (unpaired) electrons. The van der Waals surface area contributed by atoms with E-state index in [1.165, 1.54) is 5.56 Å². The van der Waals surface area contributed by atoms with Crippen molar-refractivity contribution in [2.24, 2.45) is 0 Å². The third-order valence-corrected chi connectivity index (χ3v) is 5.13. The van der Waals surface area contributed by atoms with Gasteiger partial charge in [-0.2, -0.15) is 0 Å². The molecule has 30 heavy (non-hydrogen) atoms. The number of hydrogen-bond donors (Lipinski definition) is 2. The number of nitrogens with one attached hydrogen (secondary N) is 2. The number of ether oxygens (including phenoxy) is 2. The van der Waals surface area contributed by atoms with E-state index in [0.29, 0.717) is 35.7 Å². The Morgan fingerprint density at radius 1 is 1.00 bits per heavy atom. The van der Waals surface area contributed by atoms with E-state index in [1.807, 2.05) is 31.3 Å². The second kappa shape index (κ2) is 8.20. The molecule has 0 spiro atoms. The maximum Gasteiger partial charge on any atom is 0.247 e. The van der Waals surface area contributed by atoms with Crippen molar-refractivity contribution in [3.05, 3.63) is 47.9 Å². The van der Waals surface area contributed by atoms with Gasteiger partial charge in [0, 0.05) is 22.0 Å². The van der Waals surface area contributed by atoms with E-state index < -0.39 is 0 Å². The summed E-state index contributed by atoms with van der Waals surface area (Å²) in [5.41, 5.74) is 5.30. The molecule has 2 aromatic heterocycles. The van der Waals surface area contributed by atoms with Gasteiger partial charge in [0.15, 0.2) is 11.5 Å². The normalized spacial score (nSPS) is 11.4. The quantitative estimate of drug-likeness (QED) is 0.461. The van der Waals surface area contributed by atoms with E-state index in [2.05, 4.69) is 46.5 Å². The third-order valence-electron chi connectivity index (χ3n) is 5.13. The zero-order valence-corrected chi connectivity index (χ0v) is 17.9. The van der Waals surface area contributed by atoms with Crippen LogP contribution in [0.15, 0.2) is 40.8 Å². The molecular formula is C23H26N4O3. The number of methoxy groups -OCH3 is 2. The molecule has 2 aromatic carbocycles. The van der Waals surface area contributed by atoms with Gasteiger partial charge < -0.3 is 24.2 Å². The topological polar surface area (TPSA) is 85.2 Å². The first kappa shape index (κ1) is 20.0. The van der Waals surface area contributed by atoms with Crippen molar-refractivity contribution in [2.45, 2.75) is 26.3 Å². The van der Waals surface area contributed by atoms with E-state index in [4.69, 9.17) is 13.9 Å². The number of hydrogen-bond acceptors (Lipinski definition) is 6. The molecule has 2 heterocycles. The summed E-state index contributed by atoms with van der Waals surface area (Å²) in [7, 11) is 5.14. The van der Waals surface area contributed by atoms with Crippen molar-refractivity contribution in [2.75, 3.05) is 21.3 Å². The molecule has 0 saturated heterocycles. The molecule has 0 aliphatic heterocycles. The summed E-state index contributed by atoms with van der Waals surface area (Å²) in [5.74, 6) is 2.80. The Labute approximate surface area is 175 Å². The van der Waals surface area contributed by atoms with Crippen LogP contribution in [0.5, 0.6) is 11.5 Å². The highest BCUT2D eigenvalue weighted by molar-refractivity contribution is 5.94. The van der Waals surface area contributed by atoms with Crippen LogP contribution in [0.2, 0.25) is 0 Å². The Morgan fingerprint density at radius 3 is 2.47 bits per heavy atom. The van der Waals surface area contributed by atoms with E-state index >= 15 is 0 Å². The fourth-order valence-corrected chi connectivity index (χ4v) is 3.76. The molecule has 4 rings (SSSR count). The summed E-state index contributed by atoms with van der Waals surface area (Å²) in [5, 5.41) is 12.5. The largest absolute Gasteiger partial charge is 0.493 e. The Hall–Kier alpha value is -3.32. The monoisotopic (exact) mass is 406 g/mol. The number of aromatic amines is 1. The molecule has 7 heteroatoms. The van der Waals surface area contributed by atoms with Crippen molar-refractivity contribution in [3.63, 3.8) is 0 Å². The number of nitrogens with zero attached hydrogens (tertiary/aromatic N) is 2. The van der Waals surface area contributed by atoms with Crippen molar-refractivity contribution in [3.8, 4) is 34.2 Å². The first-order valence-corrected chi connectivity index (χ1v) is 9.91. The molecule has 0 unspecified atom stereocenters. The molecule has 0 aliphatic rings. The Kier molecular flexibility index (Phi) is 5.46. The summed E-state index contributed by atoms with van der Waals surface area (Å²) in [6.45, 7) is 4.93. The van der Waals surface area contributed by atoms with Gasteiger partial charge in [0.05, 0.1) is 26.5 Å². The lowest BCUT2D eigenvalue weighted by atomic mass is 9.95. The van der Waals surface area contributed by atoms with E-state index in [0.717, 1.165) is 27.7 Å². The summed E-state index contributed by atoms with van der Waals surface area (Å²) >= 11 is 0. The lowest BCUT2D eigenvalue weighted by Crippen LogP contribution is -2.04. The van der Waals surface area contributed by atoms with Gasteiger partial charge in [-0.1, -0.05) is 13.8 Å². The predicted molar refractivity (Wildman–Crippen MR) is 117 cm³/mol. The third kappa shape index (κ3) is 3.52. The SMILES string of the molecule is CNCc1nnc(-c2ccc3[nH]c(-c4ccc(OC)c(OC)c4)c(C(C)C)c3c2)o1. The minimum absolute atomic E-state index is 0.305. The summed E-state index contributed by atoms with van der Waals surface area (Å²) in [6, 6.07) is 12.1. The second-order valence-electron chi connectivity index (χ2n) is 7.43. The van der Waals surface area contributed by atoms with E-state index in [-0.39, 0.29) is 0 Å². The molecular weight excluding hydrogens is 380 g/mol. The van der Waals surface area contributed by atoms with Crippen LogP contribution in [0.3, 0.4) is 0 Å². The summed E-state index contributed by atoms with van der Waals surface area (Å²) < 4.78 is 16.7. The summed E-state index contributed by atoms with van der Waals surface area (Å²) in [4.78, 5) is 3.58. The van der Waals surface area contributed by atoms with Crippen LogP contribution < -0.4 is 14.8 Å². The van der Waals surface area contributed by atoms with E-state index in [9.17, 15) is 0 Å². The molecule has 0 fully saturated rings. The second-order valence-corrected chi connectivity index (χ2v) is 7.43. The van der Waals surface area contributed by atoms with Gasteiger partial charge in [-0.15, -0.1) is 10.2 Å². The maximum absolute atomic E-state index is 5.78. The minimum atomic E-state index is 0.305. The van der Waals surface area contributed by atoms with Gasteiger partial charge in [0.2, 0.25) is 11.8 Å². The highest BCUT2D eigenvalue weighted by Crippen LogP contribution is 2.39. The smallest absolute Gasteiger partial charge is 0.247 e. The number of rotatable bonds is 7. The highest BCUT2D eigenvalue weighted by Gasteiger charge is 2.19. The maximum atomic E-state index is 5.78. The molecule has 4 aromatic rings. The standard InChI is InChI=1S/C23H26N4O3/c1-13(2)21-16-10-15(23-27-26-20(30-23)12-24-3)6-8-17(16)25-22(21)14-7-9-18(28-4)19(11-14)29-5/h6-11,13,24-25H,12H2,1-5H3. The lowest BCUT2D eigenvalue weighted by molar-refractivity contribution is 0.355. The Bertz CT molecular complexity index is 1180.